The van der Waals surface area contributed by atoms with Crippen LogP contribution in [0.3, 0.4) is 0 Å². The van der Waals surface area contributed by atoms with Crippen molar-refractivity contribution in [1.82, 2.24) is 4.90 Å². The Kier molecular flexibility index (Phi) is 9.45. The van der Waals surface area contributed by atoms with Crippen LogP contribution in [-0.4, -0.2) is 56.6 Å². The number of hydrogen-bond donors (Lipinski definition) is 1. The minimum absolute atomic E-state index is 0.0310. The van der Waals surface area contributed by atoms with Crippen molar-refractivity contribution in [3.63, 3.8) is 0 Å². The highest BCUT2D eigenvalue weighted by atomic mass is 16.5. The average molecular weight is 471 g/mol. The fourth-order valence-electron chi connectivity index (χ4n) is 4.16. The summed E-state index contributed by atoms with van der Waals surface area (Å²) < 4.78 is 17.0. The lowest BCUT2D eigenvalue weighted by Gasteiger charge is -2.36. The third-order valence-corrected chi connectivity index (χ3v) is 6.29. The third kappa shape index (κ3) is 6.14. The lowest BCUT2D eigenvalue weighted by molar-refractivity contribution is 0.191. The smallest absolute Gasteiger partial charge is 0.324 e. The van der Waals surface area contributed by atoms with Gasteiger partial charge in [-0.1, -0.05) is 38.8 Å². The molecular weight excluding hydrogens is 432 g/mol. The van der Waals surface area contributed by atoms with E-state index in [1.807, 2.05) is 48.2 Å². The fourth-order valence-corrected chi connectivity index (χ4v) is 4.16. The molecular formula is C27H38N2O5. The molecule has 3 rings (SSSR count). The van der Waals surface area contributed by atoms with Crippen molar-refractivity contribution in [3.8, 4) is 17.2 Å². The highest BCUT2D eigenvalue weighted by Gasteiger charge is 2.28. The van der Waals surface area contributed by atoms with Crippen LogP contribution in [0.4, 0.5) is 10.5 Å². The molecule has 7 nitrogen and oxygen atoms in total. The van der Waals surface area contributed by atoms with E-state index in [0.717, 1.165) is 48.2 Å². The number of unbranched alkanes of at least 4 members (excludes halogenated alkanes) is 2. The molecule has 34 heavy (non-hydrogen) atoms. The number of benzene rings is 2. The molecule has 0 spiro atoms. The Morgan fingerprint density at radius 3 is 2.50 bits per heavy atom. The van der Waals surface area contributed by atoms with Crippen LogP contribution in [0.2, 0.25) is 0 Å². The van der Waals surface area contributed by atoms with E-state index in [1.54, 1.807) is 19.1 Å². The van der Waals surface area contributed by atoms with Crippen LogP contribution in [0.5, 0.6) is 17.2 Å². The summed E-state index contributed by atoms with van der Waals surface area (Å²) in [4.78, 5) is 17.1. The molecule has 1 saturated heterocycles. The zero-order valence-corrected chi connectivity index (χ0v) is 20.9. The number of anilines is 1. The number of aliphatic hydroxyl groups is 1. The highest BCUT2D eigenvalue weighted by Crippen LogP contribution is 2.34. The Morgan fingerprint density at radius 1 is 1.00 bits per heavy atom. The molecule has 7 heteroatoms. The number of carbonyl (C=O) groups is 1. The number of amides is 2. The van der Waals surface area contributed by atoms with Crippen molar-refractivity contribution in [2.45, 2.75) is 52.0 Å². The van der Waals surface area contributed by atoms with Crippen molar-refractivity contribution >= 4 is 11.7 Å². The minimum atomic E-state index is -0.0387. The van der Waals surface area contributed by atoms with E-state index in [2.05, 4.69) is 6.92 Å². The van der Waals surface area contributed by atoms with Crippen molar-refractivity contribution in [1.29, 1.82) is 0 Å². The number of carbonyl (C=O) groups excluding carboxylic acids is 1. The second-order valence-electron chi connectivity index (χ2n) is 8.75. The molecule has 1 atom stereocenters. The standard InChI is InChI=1S/C27H38N2O5/c1-5-6-7-15-34-26-17-23(11-12-24(26)32-3)29-14-8-13-28(27(29)31)18-22-10-9-21(20(2)19-30)16-25(22)33-4/h9-12,16-17,20,30H,5-8,13-15,18-19H2,1-4H3. The molecule has 2 aromatic rings. The van der Waals surface area contributed by atoms with Gasteiger partial charge in [0.15, 0.2) is 11.5 Å². The topological polar surface area (TPSA) is 71.5 Å². The van der Waals surface area contributed by atoms with Gasteiger partial charge in [-0.3, -0.25) is 4.90 Å². The fraction of sp³-hybridized carbons (Fsp3) is 0.519. The Hall–Kier alpha value is -2.93. The molecule has 0 saturated carbocycles. The lowest BCUT2D eigenvalue weighted by Crippen LogP contribution is -2.49. The van der Waals surface area contributed by atoms with Crippen molar-refractivity contribution in [2.24, 2.45) is 0 Å². The first-order valence-electron chi connectivity index (χ1n) is 12.2. The summed E-state index contributed by atoms with van der Waals surface area (Å²) in [5.74, 6) is 2.10. The first-order valence-corrected chi connectivity index (χ1v) is 12.2. The van der Waals surface area contributed by atoms with Gasteiger partial charge in [-0.05, 0) is 36.6 Å². The van der Waals surface area contributed by atoms with Gasteiger partial charge in [0.25, 0.3) is 0 Å². The number of aliphatic hydroxyl groups excluding tert-OH is 1. The summed E-state index contributed by atoms with van der Waals surface area (Å²) in [5.41, 5.74) is 2.76. The molecule has 1 unspecified atom stereocenters. The van der Waals surface area contributed by atoms with Gasteiger partial charge in [-0.25, -0.2) is 4.79 Å². The largest absolute Gasteiger partial charge is 0.496 e. The monoisotopic (exact) mass is 470 g/mol. The number of rotatable bonds is 12. The second-order valence-corrected chi connectivity index (χ2v) is 8.75. The van der Waals surface area contributed by atoms with Crippen LogP contribution < -0.4 is 19.1 Å². The van der Waals surface area contributed by atoms with E-state index in [0.29, 0.717) is 37.7 Å². The van der Waals surface area contributed by atoms with Crippen LogP contribution in [-0.2, 0) is 6.54 Å². The van der Waals surface area contributed by atoms with E-state index in [4.69, 9.17) is 14.2 Å². The van der Waals surface area contributed by atoms with Crippen LogP contribution in [0.25, 0.3) is 0 Å². The lowest BCUT2D eigenvalue weighted by atomic mass is 9.99. The van der Waals surface area contributed by atoms with Crippen LogP contribution in [0, 0.1) is 0 Å². The molecule has 2 aromatic carbocycles. The van der Waals surface area contributed by atoms with Gasteiger partial charge < -0.3 is 24.2 Å². The van der Waals surface area contributed by atoms with Crippen molar-refractivity contribution in [3.05, 3.63) is 47.5 Å². The third-order valence-electron chi connectivity index (χ3n) is 6.29. The predicted molar refractivity (Wildman–Crippen MR) is 134 cm³/mol. The van der Waals surface area contributed by atoms with Gasteiger partial charge in [0.2, 0.25) is 0 Å². The van der Waals surface area contributed by atoms with Crippen LogP contribution in [0.1, 0.15) is 56.6 Å². The number of ether oxygens (including phenoxy) is 3. The number of nitrogens with zero attached hydrogens (tertiary/aromatic N) is 2. The van der Waals surface area contributed by atoms with Gasteiger partial charge in [0.05, 0.1) is 27.4 Å². The van der Waals surface area contributed by atoms with Gasteiger partial charge in [0.1, 0.15) is 5.75 Å². The first-order chi connectivity index (χ1) is 16.5. The molecule has 0 aliphatic carbocycles. The van der Waals surface area contributed by atoms with Crippen molar-refractivity contribution < 1.29 is 24.1 Å². The molecule has 186 valence electrons. The zero-order chi connectivity index (χ0) is 24.5. The van der Waals surface area contributed by atoms with Gasteiger partial charge in [-0.2, -0.15) is 0 Å². The Bertz CT molecular complexity index is 949. The van der Waals surface area contributed by atoms with Gasteiger partial charge in [0, 0.05) is 42.9 Å². The van der Waals surface area contributed by atoms with E-state index >= 15 is 0 Å². The summed E-state index contributed by atoms with van der Waals surface area (Å²) in [6, 6.07) is 11.6. The summed E-state index contributed by atoms with van der Waals surface area (Å²) >= 11 is 0. The van der Waals surface area contributed by atoms with E-state index < -0.39 is 0 Å². The molecule has 0 bridgehead atoms. The molecule has 1 aliphatic heterocycles. The summed E-state index contributed by atoms with van der Waals surface area (Å²) in [7, 11) is 3.26. The van der Waals surface area contributed by atoms with Gasteiger partial charge >= 0.3 is 6.03 Å². The molecule has 0 radical (unpaired) electrons. The molecule has 1 fully saturated rings. The average Bonchev–Trinajstić information content (AvgIpc) is 2.87. The summed E-state index contributed by atoms with van der Waals surface area (Å²) in [6.45, 7) is 6.63. The van der Waals surface area contributed by atoms with E-state index in [-0.39, 0.29) is 18.6 Å². The number of hydrogen-bond acceptors (Lipinski definition) is 5. The summed E-state index contributed by atoms with van der Waals surface area (Å²) in [5, 5.41) is 9.46. The minimum Gasteiger partial charge on any atom is -0.496 e. The van der Waals surface area contributed by atoms with Gasteiger partial charge in [-0.15, -0.1) is 0 Å². The number of urea groups is 1. The quantitative estimate of drug-likeness (QED) is 0.432. The Labute approximate surface area is 203 Å². The molecule has 1 N–H and O–H groups in total. The molecule has 1 heterocycles. The van der Waals surface area contributed by atoms with E-state index in [9.17, 15) is 9.90 Å². The predicted octanol–water partition coefficient (Wildman–Crippen LogP) is 5.20. The number of methoxy groups -OCH3 is 2. The molecule has 2 amide bonds. The highest BCUT2D eigenvalue weighted by molar-refractivity contribution is 5.93. The molecule has 1 aliphatic rings. The maximum Gasteiger partial charge on any atom is 0.324 e. The Morgan fingerprint density at radius 2 is 1.79 bits per heavy atom. The molecule has 0 aromatic heterocycles. The first kappa shape index (κ1) is 25.7. The maximum atomic E-state index is 13.4. The van der Waals surface area contributed by atoms with Crippen LogP contribution >= 0.6 is 0 Å². The summed E-state index contributed by atoms with van der Waals surface area (Å²) in [6.07, 6.45) is 4.10. The second kappa shape index (κ2) is 12.5. The Balaban J connectivity index is 1.76. The van der Waals surface area contributed by atoms with Crippen LogP contribution in [0.15, 0.2) is 36.4 Å². The zero-order valence-electron chi connectivity index (χ0n) is 20.9. The normalized spacial score (nSPS) is 14.8. The van der Waals surface area contributed by atoms with Crippen molar-refractivity contribution in [2.75, 3.05) is 45.4 Å². The SMILES string of the molecule is CCCCCOc1cc(N2CCCN(Cc3ccc(C(C)CO)cc3OC)C2=O)ccc1OC. The maximum absolute atomic E-state index is 13.4. The van der Waals surface area contributed by atoms with E-state index in [1.165, 1.54) is 0 Å².